The van der Waals surface area contributed by atoms with Gasteiger partial charge in [0.05, 0.1) is 9.82 Å². The Hall–Kier alpha value is -5.60. The normalized spacial score (nSPS) is 10.9. The van der Waals surface area contributed by atoms with Crippen LogP contribution in [0.15, 0.2) is 114 Å². The molecule has 0 aliphatic heterocycles. The molecule has 0 atom stereocenters. The number of nitriles is 1. The molecule has 11 heteroatoms. The van der Waals surface area contributed by atoms with Gasteiger partial charge in [0.25, 0.3) is 15.7 Å². The second-order valence-electron chi connectivity index (χ2n) is 8.55. The molecule has 5 aromatic rings. The van der Waals surface area contributed by atoms with Crippen molar-refractivity contribution in [2.75, 3.05) is 10.0 Å². The molecule has 0 aliphatic carbocycles. The van der Waals surface area contributed by atoms with E-state index in [2.05, 4.69) is 26.3 Å². The van der Waals surface area contributed by atoms with Crippen LogP contribution in [0.4, 0.5) is 22.9 Å². The molecule has 196 valence electrons. The van der Waals surface area contributed by atoms with E-state index < -0.39 is 14.9 Å². The fourth-order valence-electron chi connectivity index (χ4n) is 4.04. The van der Waals surface area contributed by atoms with Crippen molar-refractivity contribution in [3.8, 4) is 28.5 Å². The number of nitro benzene ring substituents is 1. The zero-order chi connectivity index (χ0) is 28.1. The summed E-state index contributed by atoms with van der Waals surface area (Å²) in [5.41, 5.74) is 3.62. The number of aromatic nitrogens is 2. The van der Waals surface area contributed by atoms with Crippen molar-refractivity contribution in [1.82, 2.24) is 10.2 Å². The van der Waals surface area contributed by atoms with Crippen LogP contribution in [0.1, 0.15) is 5.56 Å². The number of hydrogen-bond acceptors (Lipinski definition) is 8. The van der Waals surface area contributed by atoms with Crippen LogP contribution >= 0.6 is 0 Å². The summed E-state index contributed by atoms with van der Waals surface area (Å²) in [5, 5.41) is 32.8. The molecule has 40 heavy (non-hydrogen) atoms. The molecule has 0 radical (unpaired) electrons. The zero-order valence-corrected chi connectivity index (χ0v) is 21.5. The van der Waals surface area contributed by atoms with E-state index in [0.29, 0.717) is 16.9 Å². The molecular weight excluding hydrogens is 528 g/mol. The molecule has 0 aliphatic rings. The summed E-state index contributed by atoms with van der Waals surface area (Å²) in [4.78, 5) is 10.2. The highest BCUT2D eigenvalue weighted by Gasteiger charge is 2.20. The molecule has 1 heterocycles. The highest BCUT2D eigenvalue weighted by Crippen LogP contribution is 2.36. The van der Waals surface area contributed by atoms with Crippen molar-refractivity contribution in [2.45, 2.75) is 4.90 Å². The molecule has 0 amide bonds. The minimum atomic E-state index is -3.96. The highest BCUT2D eigenvalue weighted by molar-refractivity contribution is 7.92. The molecule has 0 fully saturated rings. The van der Waals surface area contributed by atoms with E-state index in [-0.39, 0.29) is 27.7 Å². The maximum Gasteiger partial charge on any atom is 0.269 e. The second kappa shape index (κ2) is 11.0. The number of non-ortho nitro benzene ring substituents is 1. The number of nitrogens with zero attached hydrogens (tertiary/aromatic N) is 4. The SMILES string of the molecule is N#Cc1c(Nc2ccc(S(=O)(=O)Nc3ccc([N+](=O)[O-])cc3)cc2)nnc(-c2ccccc2)c1-c1ccccc1. The molecule has 0 bridgehead atoms. The second-order valence-corrected chi connectivity index (χ2v) is 10.2. The molecule has 0 saturated carbocycles. The number of sulfonamides is 1. The molecule has 4 aromatic carbocycles. The van der Waals surface area contributed by atoms with Crippen LogP contribution in [0, 0.1) is 21.4 Å². The van der Waals surface area contributed by atoms with E-state index in [0.717, 1.165) is 11.1 Å². The number of rotatable bonds is 8. The zero-order valence-electron chi connectivity index (χ0n) is 20.7. The molecule has 0 saturated heterocycles. The van der Waals surface area contributed by atoms with Gasteiger partial charge in [-0.2, -0.15) is 5.26 Å². The monoisotopic (exact) mass is 548 g/mol. The number of hydrogen-bond donors (Lipinski definition) is 2. The van der Waals surface area contributed by atoms with Crippen LogP contribution in [0.25, 0.3) is 22.4 Å². The summed E-state index contributed by atoms with van der Waals surface area (Å²) in [6, 6.07) is 32.1. The Morgan fingerprint density at radius 1 is 0.750 bits per heavy atom. The first-order valence-corrected chi connectivity index (χ1v) is 13.4. The van der Waals surface area contributed by atoms with Crippen LogP contribution < -0.4 is 10.0 Å². The van der Waals surface area contributed by atoms with Gasteiger partial charge in [-0.3, -0.25) is 14.8 Å². The Bertz CT molecular complexity index is 1820. The summed E-state index contributed by atoms with van der Waals surface area (Å²) >= 11 is 0. The van der Waals surface area contributed by atoms with E-state index in [1.807, 2.05) is 60.7 Å². The Morgan fingerprint density at radius 3 is 1.90 bits per heavy atom. The van der Waals surface area contributed by atoms with E-state index in [9.17, 15) is 23.8 Å². The number of nitro groups is 1. The van der Waals surface area contributed by atoms with Gasteiger partial charge in [0, 0.05) is 34.6 Å². The van der Waals surface area contributed by atoms with E-state index in [1.54, 1.807) is 12.1 Å². The van der Waals surface area contributed by atoms with Crippen LogP contribution in [-0.4, -0.2) is 23.5 Å². The van der Waals surface area contributed by atoms with Crippen LogP contribution in [0.2, 0.25) is 0 Å². The first-order valence-electron chi connectivity index (χ1n) is 11.9. The van der Waals surface area contributed by atoms with Gasteiger partial charge in [0.15, 0.2) is 5.82 Å². The Labute approximate surface area is 229 Å². The van der Waals surface area contributed by atoms with Crippen molar-refractivity contribution in [3.63, 3.8) is 0 Å². The summed E-state index contributed by atoms with van der Waals surface area (Å²) in [5.74, 6) is 0.223. The molecule has 2 N–H and O–H groups in total. The van der Waals surface area contributed by atoms with E-state index in [1.165, 1.54) is 36.4 Å². The maximum atomic E-state index is 12.8. The van der Waals surface area contributed by atoms with Crippen molar-refractivity contribution in [2.24, 2.45) is 0 Å². The van der Waals surface area contributed by atoms with Gasteiger partial charge in [0.1, 0.15) is 17.3 Å². The fraction of sp³-hybridized carbons (Fsp3) is 0. The van der Waals surface area contributed by atoms with Gasteiger partial charge >= 0.3 is 0 Å². The van der Waals surface area contributed by atoms with E-state index in [4.69, 9.17) is 0 Å². The third kappa shape index (κ3) is 5.47. The summed E-state index contributed by atoms with van der Waals surface area (Å²) in [6.07, 6.45) is 0. The molecule has 1 aromatic heterocycles. The smallest absolute Gasteiger partial charge is 0.269 e. The minimum Gasteiger partial charge on any atom is -0.338 e. The molecular formula is C29H20N6O4S. The van der Waals surface area contributed by atoms with Gasteiger partial charge in [-0.05, 0) is 42.0 Å². The Kier molecular flexibility index (Phi) is 7.17. The lowest BCUT2D eigenvalue weighted by molar-refractivity contribution is -0.384. The van der Waals surface area contributed by atoms with Crippen LogP contribution in [0.3, 0.4) is 0 Å². The third-order valence-electron chi connectivity index (χ3n) is 5.95. The lowest BCUT2D eigenvalue weighted by Gasteiger charge is -2.15. The Balaban J connectivity index is 1.44. The Morgan fingerprint density at radius 2 is 1.32 bits per heavy atom. The fourth-order valence-corrected chi connectivity index (χ4v) is 5.10. The quantitative estimate of drug-likeness (QED) is 0.173. The number of anilines is 3. The van der Waals surface area contributed by atoms with Gasteiger partial charge in [-0.15, -0.1) is 10.2 Å². The molecule has 0 spiro atoms. The highest BCUT2D eigenvalue weighted by atomic mass is 32.2. The van der Waals surface area contributed by atoms with Gasteiger partial charge in [0.2, 0.25) is 0 Å². The third-order valence-corrected chi connectivity index (χ3v) is 7.35. The first kappa shape index (κ1) is 26.0. The van der Waals surface area contributed by atoms with Gasteiger partial charge < -0.3 is 5.32 Å². The average Bonchev–Trinajstić information content (AvgIpc) is 2.98. The standard InChI is InChI=1S/C29H20N6O4S/c30-19-26-27(20-7-3-1-4-8-20)28(21-9-5-2-6-10-21)32-33-29(26)31-22-13-17-25(18-14-22)40(38,39)34-23-11-15-24(16-12-23)35(36)37/h1-18,34H,(H,31,33). The van der Waals surface area contributed by atoms with Gasteiger partial charge in [-0.25, -0.2) is 8.42 Å². The van der Waals surface area contributed by atoms with Crippen LogP contribution in [-0.2, 0) is 10.0 Å². The molecule has 5 rings (SSSR count). The van der Waals surface area contributed by atoms with Gasteiger partial charge in [-0.1, -0.05) is 60.7 Å². The van der Waals surface area contributed by atoms with E-state index >= 15 is 0 Å². The predicted octanol–water partition coefficient (Wildman–Crippen LogP) is 6.13. The number of nitrogens with one attached hydrogen (secondary N) is 2. The maximum absolute atomic E-state index is 12.8. The van der Waals surface area contributed by atoms with Crippen molar-refractivity contribution < 1.29 is 13.3 Å². The van der Waals surface area contributed by atoms with Crippen molar-refractivity contribution in [3.05, 3.63) is 125 Å². The summed E-state index contributed by atoms with van der Waals surface area (Å²) in [7, 11) is -3.96. The summed E-state index contributed by atoms with van der Waals surface area (Å²) in [6.45, 7) is 0. The summed E-state index contributed by atoms with van der Waals surface area (Å²) < 4.78 is 28.1. The number of benzene rings is 4. The largest absolute Gasteiger partial charge is 0.338 e. The molecule has 0 unspecified atom stereocenters. The molecule has 10 nitrogen and oxygen atoms in total. The first-order chi connectivity index (χ1) is 19.4. The van der Waals surface area contributed by atoms with Crippen LogP contribution in [0.5, 0.6) is 0 Å². The van der Waals surface area contributed by atoms with Crippen molar-refractivity contribution in [1.29, 1.82) is 5.26 Å². The lowest BCUT2D eigenvalue weighted by Crippen LogP contribution is -2.13. The lowest BCUT2D eigenvalue weighted by atomic mass is 9.95. The topological polar surface area (TPSA) is 151 Å². The average molecular weight is 549 g/mol. The van der Waals surface area contributed by atoms with Crippen molar-refractivity contribution >= 4 is 32.9 Å². The minimum absolute atomic E-state index is 0.0209. The predicted molar refractivity (Wildman–Crippen MR) is 151 cm³/mol.